The van der Waals surface area contributed by atoms with Gasteiger partial charge in [-0.3, -0.25) is 20.4 Å². The third-order valence-corrected chi connectivity index (χ3v) is 4.76. The molecule has 0 radical (unpaired) electrons. The number of hydrogen-bond acceptors (Lipinski definition) is 11. The quantitative estimate of drug-likeness (QED) is 0.0446. The smallest absolute Gasteiger partial charge is 0.259 e. The highest BCUT2D eigenvalue weighted by molar-refractivity contribution is 5.76. The second kappa shape index (κ2) is 19.5. The van der Waals surface area contributed by atoms with E-state index in [9.17, 15) is 14.4 Å². The van der Waals surface area contributed by atoms with Gasteiger partial charge in [0.1, 0.15) is 26.1 Å². The highest BCUT2D eigenvalue weighted by Gasteiger charge is 2.27. The molecule has 6 N–H and O–H groups in total. The Morgan fingerprint density at radius 3 is 1.94 bits per heavy atom. The van der Waals surface area contributed by atoms with Crippen LogP contribution in [0.1, 0.15) is 40.5 Å². The van der Waals surface area contributed by atoms with Gasteiger partial charge < -0.3 is 33.2 Å². The van der Waals surface area contributed by atoms with Crippen LogP contribution >= 0.6 is 0 Å². The zero-order valence-corrected chi connectivity index (χ0v) is 21.5. The molecule has 0 aliphatic carbocycles. The predicted molar refractivity (Wildman–Crippen MR) is 127 cm³/mol. The van der Waals surface area contributed by atoms with Crippen molar-refractivity contribution >= 4 is 18.1 Å². The Balaban J connectivity index is 4.65. The maximum absolute atomic E-state index is 11.2. The van der Waals surface area contributed by atoms with E-state index in [2.05, 4.69) is 0 Å². The van der Waals surface area contributed by atoms with Crippen LogP contribution in [0.2, 0.25) is 0 Å². The fourth-order valence-electron chi connectivity index (χ4n) is 2.94. The van der Waals surface area contributed by atoms with E-state index in [1.165, 1.54) is 0 Å². The second-order valence-corrected chi connectivity index (χ2v) is 9.06. The molecule has 0 aliphatic rings. The van der Waals surface area contributed by atoms with Gasteiger partial charge in [0.15, 0.2) is 0 Å². The highest BCUT2D eigenvalue weighted by Crippen LogP contribution is 2.24. The molecule has 0 spiro atoms. The number of carbonyl (C=O) groups is 3. The summed E-state index contributed by atoms with van der Waals surface area (Å²) >= 11 is 0. The molecule has 0 rings (SSSR count). The van der Waals surface area contributed by atoms with E-state index in [0.29, 0.717) is 58.8 Å². The number of carbonyl (C=O) groups excluding carboxylic acids is 3. The van der Waals surface area contributed by atoms with Gasteiger partial charge in [0.2, 0.25) is 0 Å². The number of rotatable bonds is 23. The van der Waals surface area contributed by atoms with Gasteiger partial charge in [0.25, 0.3) is 11.8 Å². The molecule has 13 heteroatoms. The zero-order chi connectivity index (χ0) is 26.6. The van der Waals surface area contributed by atoms with Crippen molar-refractivity contribution in [3.05, 3.63) is 0 Å². The first kappa shape index (κ1) is 33.3. The van der Waals surface area contributed by atoms with Gasteiger partial charge in [-0.1, -0.05) is 0 Å². The minimum Gasteiger partial charge on any atom is -0.379 e. The van der Waals surface area contributed by atoms with Gasteiger partial charge in [-0.25, -0.2) is 11.7 Å². The fraction of sp³-hybridized carbons (Fsp3) is 0.864. The summed E-state index contributed by atoms with van der Waals surface area (Å²) in [5.41, 5.74) is 3.02. The van der Waals surface area contributed by atoms with Crippen molar-refractivity contribution in [2.45, 2.75) is 51.7 Å². The summed E-state index contributed by atoms with van der Waals surface area (Å²) in [4.78, 5) is 32.6. The van der Waals surface area contributed by atoms with Gasteiger partial charge in [0.05, 0.1) is 50.8 Å². The highest BCUT2D eigenvalue weighted by atomic mass is 16.5. The second-order valence-electron chi connectivity index (χ2n) is 9.06. The molecule has 0 aromatic carbocycles. The van der Waals surface area contributed by atoms with Gasteiger partial charge in [-0.15, -0.1) is 0 Å². The standard InChI is InChI=1S/C22H44N4O9/c1-21(2,5-7-31-16-19(28)25-23)35-15-18(14-32-9-10-33-17-20(29)26-24)13-22(3,4)34-12-11-30-8-6-27/h6,18H,5,7-17,23-24H2,1-4H3,(H,25,28)(H,26,29). The first-order valence-electron chi connectivity index (χ1n) is 11.6. The van der Waals surface area contributed by atoms with Gasteiger partial charge in [-0.2, -0.15) is 0 Å². The number of nitrogens with two attached hydrogens (primary N) is 2. The van der Waals surface area contributed by atoms with E-state index in [4.69, 9.17) is 40.1 Å². The Morgan fingerprint density at radius 2 is 1.34 bits per heavy atom. The third kappa shape index (κ3) is 20.2. The monoisotopic (exact) mass is 508 g/mol. The van der Waals surface area contributed by atoms with Gasteiger partial charge >= 0.3 is 0 Å². The fourth-order valence-corrected chi connectivity index (χ4v) is 2.94. The van der Waals surface area contributed by atoms with Crippen LogP contribution < -0.4 is 22.5 Å². The summed E-state index contributed by atoms with van der Waals surface area (Å²) in [6.07, 6.45) is 1.91. The van der Waals surface area contributed by atoms with Crippen LogP contribution in [0, 0.1) is 5.92 Å². The first-order valence-corrected chi connectivity index (χ1v) is 11.6. The van der Waals surface area contributed by atoms with E-state index < -0.39 is 23.0 Å². The largest absolute Gasteiger partial charge is 0.379 e. The van der Waals surface area contributed by atoms with Crippen molar-refractivity contribution in [1.29, 1.82) is 0 Å². The SMILES string of the molecule is CC(C)(CCOCC(=O)NN)OCC(COCCOCC(=O)NN)CC(C)(C)OCCOCC=O. The lowest BCUT2D eigenvalue weighted by atomic mass is 9.94. The number of amides is 2. The summed E-state index contributed by atoms with van der Waals surface area (Å²) in [6, 6.07) is 0. The van der Waals surface area contributed by atoms with E-state index in [0.717, 1.165) is 0 Å². The van der Waals surface area contributed by atoms with Crippen molar-refractivity contribution in [2.24, 2.45) is 17.6 Å². The minimum atomic E-state index is -0.496. The van der Waals surface area contributed by atoms with Crippen molar-refractivity contribution < 1.29 is 42.8 Å². The lowest BCUT2D eigenvalue weighted by Gasteiger charge is -2.33. The normalized spacial score (nSPS) is 12.9. The lowest BCUT2D eigenvalue weighted by molar-refractivity contribution is -0.128. The lowest BCUT2D eigenvalue weighted by Crippen LogP contribution is -2.36. The first-order chi connectivity index (χ1) is 16.5. The summed E-state index contributed by atoms with van der Waals surface area (Å²) in [7, 11) is 0. The minimum absolute atomic E-state index is 0.00329. The Labute approximate surface area is 207 Å². The predicted octanol–water partition coefficient (Wildman–Crippen LogP) is -0.782. The van der Waals surface area contributed by atoms with Crippen LogP contribution in [-0.2, 0) is 42.8 Å². The van der Waals surface area contributed by atoms with Crippen LogP contribution in [0.3, 0.4) is 0 Å². The van der Waals surface area contributed by atoms with Crippen LogP contribution in [0.4, 0.5) is 0 Å². The molecular formula is C22H44N4O9. The van der Waals surface area contributed by atoms with E-state index in [1.807, 2.05) is 38.5 Å². The van der Waals surface area contributed by atoms with E-state index >= 15 is 0 Å². The average Bonchev–Trinajstić information content (AvgIpc) is 2.81. The molecule has 0 aromatic heterocycles. The molecule has 0 saturated heterocycles. The Kier molecular flexibility index (Phi) is 18.5. The molecule has 35 heavy (non-hydrogen) atoms. The summed E-state index contributed by atoms with van der Waals surface area (Å²) in [5.74, 6) is 9.22. The molecule has 2 amide bonds. The van der Waals surface area contributed by atoms with Crippen LogP contribution in [0.15, 0.2) is 0 Å². The maximum Gasteiger partial charge on any atom is 0.259 e. The number of hydrazine groups is 2. The molecule has 13 nitrogen and oxygen atoms in total. The molecule has 0 aromatic rings. The number of aldehydes is 1. The van der Waals surface area contributed by atoms with Gasteiger partial charge in [-0.05, 0) is 40.5 Å². The number of ether oxygens (including phenoxy) is 6. The number of nitrogens with one attached hydrogen (secondary N) is 2. The van der Waals surface area contributed by atoms with Gasteiger partial charge in [0, 0.05) is 12.5 Å². The molecular weight excluding hydrogens is 464 g/mol. The van der Waals surface area contributed by atoms with Crippen molar-refractivity contribution in [2.75, 3.05) is 66.1 Å². The summed E-state index contributed by atoms with van der Waals surface area (Å²) in [5, 5.41) is 0. The molecule has 0 saturated carbocycles. The number of hydrogen-bond donors (Lipinski definition) is 4. The summed E-state index contributed by atoms with van der Waals surface area (Å²) < 4.78 is 33.5. The Bertz CT molecular complexity index is 591. The van der Waals surface area contributed by atoms with E-state index in [1.54, 1.807) is 0 Å². The molecule has 0 bridgehead atoms. The molecule has 0 heterocycles. The Hall–Kier alpha value is -1.71. The zero-order valence-electron chi connectivity index (χ0n) is 21.5. The average molecular weight is 509 g/mol. The van der Waals surface area contributed by atoms with Crippen molar-refractivity contribution in [3.8, 4) is 0 Å². The topological polar surface area (TPSA) is 183 Å². The Morgan fingerprint density at radius 1 is 0.771 bits per heavy atom. The maximum atomic E-state index is 11.2. The molecule has 0 aliphatic heterocycles. The van der Waals surface area contributed by atoms with Crippen molar-refractivity contribution in [1.82, 2.24) is 10.9 Å². The molecule has 0 fully saturated rings. The van der Waals surface area contributed by atoms with Crippen LogP contribution in [0.25, 0.3) is 0 Å². The third-order valence-electron chi connectivity index (χ3n) is 4.76. The van der Waals surface area contributed by atoms with Crippen LogP contribution in [0.5, 0.6) is 0 Å². The van der Waals surface area contributed by atoms with E-state index in [-0.39, 0.29) is 32.3 Å². The molecule has 206 valence electrons. The van der Waals surface area contributed by atoms with Crippen LogP contribution in [-0.4, -0.2) is 95.4 Å². The van der Waals surface area contributed by atoms with Crippen molar-refractivity contribution in [3.63, 3.8) is 0 Å². The molecule has 1 atom stereocenters. The molecule has 1 unspecified atom stereocenters. The summed E-state index contributed by atoms with van der Waals surface area (Å²) in [6.45, 7) is 9.97.